The van der Waals surface area contributed by atoms with Gasteiger partial charge in [-0.3, -0.25) is 4.79 Å². The average Bonchev–Trinajstić information content (AvgIpc) is 2.98. The highest BCUT2D eigenvalue weighted by Crippen LogP contribution is 2.29. The summed E-state index contributed by atoms with van der Waals surface area (Å²) < 4.78 is 27.8. The van der Waals surface area contributed by atoms with E-state index in [2.05, 4.69) is 5.32 Å². The van der Waals surface area contributed by atoms with E-state index >= 15 is 0 Å². The predicted molar refractivity (Wildman–Crippen MR) is 85.7 cm³/mol. The molecular formula is C18H25F2NO2. The number of hydrogen-bond acceptors (Lipinski definition) is 2. The van der Waals surface area contributed by atoms with Crippen LogP contribution in [0.1, 0.15) is 31.4 Å². The maximum Gasteiger partial charge on any atom is 0.307 e. The van der Waals surface area contributed by atoms with Crippen LogP contribution in [0.3, 0.4) is 0 Å². The third-order valence-corrected chi connectivity index (χ3v) is 4.72. The van der Waals surface area contributed by atoms with E-state index in [9.17, 15) is 18.7 Å². The first-order valence-electron chi connectivity index (χ1n) is 8.18. The average molecular weight is 325 g/mol. The Labute approximate surface area is 136 Å². The molecule has 1 fully saturated rings. The van der Waals surface area contributed by atoms with Crippen LogP contribution >= 0.6 is 0 Å². The van der Waals surface area contributed by atoms with E-state index in [1.54, 1.807) is 18.2 Å². The van der Waals surface area contributed by atoms with Crippen LogP contribution in [0.25, 0.3) is 0 Å². The minimum absolute atomic E-state index is 0.105. The number of nitrogens with one attached hydrogen (secondary N) is 1. The molecule has 1 aliphatic rings. The van der Waals surface area contributed by atoms with E-state index in [1.807, 2.05) is 6.07 Å². The second-order valence-corrected chi connectivity index (χ2v) is 6.81. The van der Waals surface area contributed by atoms with Gasteiger partial charge in [0.2, 0.25) is 0 Å². The van der Waals surface area contributed by atoms with Crippen molar-refractivity contribution in [2.75, 3.05) is 13.1 Å². The van der Waals surface area contributed by atoms with Crippen molar-refractivity contribution >= 4 is 5.97 Å². The zero-order chi connectivity index (χ0) is 17.0. The number of hydrogen-bond donors (Lipinski definition) is 2. The van der Waals surface area contributed by atoms with Crippen LogP contribution in [0.15, 0.2) is 24.3 Å². The first-order valence-corrected chi connectivity index (χ1v) is 8.18. The van der Waals surface area contributed by atoms with Gasteiger partial charge in [0.15, 0.2) is 0 Å². The summed E-state index contributed by atoms with van der Waals surface area (Å²) in [6.45, 7) is 4.58. The Kier molecular flexibility index (Phi) is 5.74. The van der Waals surface area contributed by atoms with E-state index in [1.165, 1.54) is 13.8 Å². The van der Waals surface area contributed by atoms with Crippen molar-refractivity contribution in [3.05, 3.63) is 35.4 Å². The van der Waals surface area contributed by atoms with Crippen LogP contribution in [0, 0.1) is 17.8 Å². The third-order valence-electron chi connectivity index (χ3n) is 4.72. The Hall–Kier alpha value is -1.49. The molecule has 0 aromatic heterocycles. The zero-order valence-corrected chi connectivity index (χ0v) is 13.7. The molecule has 3 nitrogen and oxygen atoms in total. The summed E-state index contributed by atoms with van der Waals surface area (Å²) in [7, 11) is 0. The Morgan fingerprint density at radius 2 is 2.09 bits per heavy atom. The molecule has 0 aliphatic carbocycles. The Morgan fingerprint density at radius 1 is 1.39 bits per heavy atom. The van der Waals surface area contributed by atoms with Gasteiger partial charge in [-0.25, -0.2) is 8.78 Å². The molecule has 1 heterocycles. The van der Waals surface area contributed by atoms with Gasteiger partial charge in [0.1, 0.15) is 0 Å². The van der Waals surface area contributed by atoms with Crippen molar-refractivity contribution in [2.24, 2.45) is 17.8 Å². The van der Waals surface area contributed by atoms with Crippen LogP contribution in [0.2, 0.25) is 0 Å². The molecule has 1 aliphatic heterocycles. The van der Waals surface area contributed by atoms with Gasteiger partial charge >= 0.3 is 5.97 Å². The molecule has 0 bridgehead atoms. The van der Waals surface area contributed by atoms with E-state index < -0.39 is 23.7 Å². The van der Waals surface area contributed by atoms with E-state index in [0.717, 1.165) is 18.5 Å². The predicted octanol–water partition coefficient (Wildman–Crippen LogP) is 3.37. The molecule has 1 saturated heterocycles. The SMILES string of the molecule is CC(C)C(F)(F)Cc1cccc(CC(C(=O)O)C2CCNC2)c1. The largest absolute Gasteiger partial charge is 0.481 e. The Balaban J connectivity index is 2.10. The molecule has 128 valence electrons. The van der Waals surface area contributed by atoms with E-state index in [-0.39, 0.29) is 12.3 Å². The van der Waals surface area contributed by atoms with Gasteiger partial charge in [0, 0.05) is 12.3 Å². The first kappa shape index (κ1) is 17.9. The summed E-state index contributed by atoms with van der Waals surface area (Å²) in [5, 5.41) is 12.7. The molecule has 0 radical (unpaired) electrons. The molecule has 2 N–H and O–H groups in total. The summed E-state index contributed by atoms with van der Waals surface area (Å²) in [4.78, 5) is 11.5. The summed E-state index contributed by atoms with van der Waals surface area (Å²) in [5.41, 5.74) is 1.39. The van der Waals surface area contributed by atoms with Crippen molar-refractivity contribution in [3.63, 3.8) is 0 Å². The quantitative estimate of drug-likeness (QED) is 0.808. The summed E-state index contributed by atoms with van der Waals surface area (Å²) in [5.74, 6) is -4.64. The second-order valence-electron chi connectivity index (χ2n) is 6.81. The Bertz CT molecular complexity index is 540. The number of alkyl halides is 2. The molecule has 0 amide bonds. The van der Waals surface area contributed by atoms with Gasteiger partial charge < -0.3 is 10.4 Å². The van der Waals surface area contributed by atoms with Crippen molar-refractivity contribution < 1.29 is 18.7 Å². The highest BCUT2D eigenvalue weighted by Gasteiger charge is 2.34. The van der Waals surface area contributed by atoms with Crippen LogP contribution in [0.5, 0.6) is 0 Å². The molecule has 5 heteroatoms. The van der Waals surface area contributed by atoms with Crippen molar-refractivity contribution in [2.45, 2.75) is 39.0 Å². The fourth-order valence-corrected chi connectivity index (χ4v) is 3.07. The van der Waals surface area contributed by atoms with Gasteiger partial charge in [-0.2, -0.15) is 0 Å². The lowest BCUT2D eigenvalue weighted by molar-refractivity contribution is -0.143. The minimum atomic E-state index is -2.75. The topological polar surface area (TPSA) is 49.3 Å². The molecule has 1 aromatic carbocycles. The number of carbonyl (C=O) groups is 1. The number of aliphatic carboxylic acids is 1. The van der Waals surface area contributed by atoms with Crippen molar-refractivity contribution in [3.8, 4) is 0 Å². The smallest absolute Gasteiger partial charge is 0.307 e. The standard InChI is InChI=1S/C18H25F2NO2/c1-12(2)18(19,20)10-14-5-3-4-13(8-14)9-16(17(22)23)15-6-7-21-11-15/h3-5,8,12,15-16,21H,6-7,9-11H2,1-2H3,(H,22,23). The van der Waals surface area contributed by atoms with Crippen LogP contribution < -0.4 is 5.32 Å². The summed E-state index contributed by atoms with van der Waals surface area (Å²) in [6.07, 6.45) is 0.937. The van der Waals surface area contributed by atoms with E-state index in [0.29, 0.717) is 18.5 Å². The monoisotopic (exact) mass is 325 g/mol. The van der Waals surface area contributed by atoms with Crippen LogP contribution in [0.4, 0.5) is 8.78 Å². The molecule has 0 spiro atoms. The summed E-state index contributed by atoms with van der Waals surface area (Å²) >= 11 is 0. The van der Waals surface area contributed by atoms with Gasteiger partial charge in [0.05, 0.1) is 5.92 Å². The second kappa shape index (κ2) is 7.39. The fraction of sp³-hybridized carbons (Fsp3) is 0.611. The fourth-order valence-electron chi connectivity index (χ4n) is 3.07. The van der Waals surface area contributed by atoms with Gasteiger partial charge in [-0.1, -0.05) is 38.1 Å². The zero-order valence-electron chi connectivity index (χ0n) is 13.7. The highest BCUT2D eigenvalue weighted by molar-refractivity contribution is 5.71. The molecule has 23 heavy (non-hydrogen) atoms. The van der Waals surface area contributed by atoms with Gasteiger partial charge in [-0.15, -0.1) is 0 Å². The van der Waals surface area contributed by atoms with Crippen molar-refractivity contribution in [1.82, 2.24) is 5.32 Å². The molecular weight excluding hydrogens is 300 g/mol. The number of halogens is 2. The molecule has 2 unspecified atom stereocenters. The first-order chi connectivity index (χ1) is 10.8. The number of rotatable bonds is 7. The van der Waals surface area contributed by atoms with Crippen LogP contribution in [-0.4, -0.2) is 30.1 Å². The minimum Gasteiger partial charge on any atom is -0.481 e. The van der Waals surface area contributed by atoms with Crippen LogP contribution in [-0.2, 0) is 17.6 Å². The molecule has 2 atom stereocenters. The number of carboxylic acid groups (broad SMARTS) is 1. The van der Waals surface area contributed by atoms with Crippen molar-refractivity contribution in [1.29, 1.82) is 0 Å². The van der Waals surface area contributed by atoms with Gasteiger partial charge in [0.25, 0.3) is 5.92 Å². The third kappa shape index (κ3) is 4.74. The molecule has 0 saturated carbocycles. The van der Waals surface area contributed by atoms with E-state index in [4.69, 9.17) is 0 Å². The lowest BCUT2D eigenvalue weighted by Crippen LogP contribution is -2.28. The normalized spacial score (nSPS) is 20.0. The Morgan fingerprint density at radius 3 is 2.65 bits per heavy atom. The summed E-state index contributed by atoms with van der Waals surface area (Å²) in [6, 6.07) is 6.99. The maximum atomic E-state index is 13.9. The molecule has 1 aromatic rings. The maximum absolute atomic E-state index is 13.9. The highest BCUT2D eigenvalue weighted by atomic mass is 19.3. The number of carboxylic acids is 1. The lowest BCUT2D eigenvalue weighted by atomic mass is 9.85. The number of benzene rings is 1. The van der Waals surface area contributed by atoms with Gasteiger partial charge in [-0.05, 0) is 43.0 Å². The molecule has 2 rings (SSSR count). The lowest BCUT2D eigenvalue weighted by Gasteiger charge is -2.21.